The molecule has 1 aromatic rings. The van der Waals surface area contributed by atoms with E-state index in [-0.39, 0.29) is 32.3 Å². The number of aliphatic carboxylic acids is 1. The van der Waals surface area contributed by atoms with Gasteiger partial charge >= 0.3 is 17.9 Å². The van der Waals surface area contributed by atoms with E-state index in [0.717, 1.165) is 10.6 Å². The maximum absolute atomic E-state index is 14.0. The highest BCUT2D eigenvalue weighted by atomic mass is 28.3. The third-order valence-corrected chi connectivity index (χ3v) is 7.95. The van der Waals surface area contributed by atoms with Crippen molar-refractivity contribution in [2.24, 2.45) is 0 Å². The van der Waals surface area contributed by atoms with Crippen molar-refractivity contribution in [3.8, 4) is 0 Å². The summed E-state index contributed by atoms with van der Waals surface area (Å²) in [4.78, 5) is 70.0. The topological polar surface area (TPSA) is 149 Å². The van der Waals surface area contributed by atoms with Crippen LogP contribution in [0.15, 0.2) is 30.3 Å². The molecule has 0 aliphatic carbocycles. The van der Waals surface area contributed by atoms with Crippen LogP contribution in [0.3, 0.4) is 0 Å². The normalized spacial score (nSPS) is 14.2. The maximum Gasteiger partial charge on any atom is 0.332 e. The predicted molar refractivity (Wildman–Crippen MR) is 164 cm³/mol. The molecule has 0 unspecified atom stereocenters. The fourth-order valence-corrected chi connectivity index (χ4v) is 5.22. The maximum atomic E-state index is 14.0. The summed E-state index contributed by atoms with van der Waals surface area (Å²) in [5.41, 5.74) is -2.64. The number of nitrogens with zero attached hydrogens (tertiary/aromatic N) is 1. The van der Waals surface area contributed by atoms with E-state index < -0.39 is 61.1 Å². The summed E-state index contributed by atoms with van der Waals surface area (Å²) < 4.78 is 11.1. The zero-order valence-corrected chi connectivity index (χ0v) is 28.2. The summed E-state index contributed by atoms with van der Waals surface area (Å²) in [5, 5.41) is 13.1. The monoisotopic (exact) mass is 622 g/mol. The molecular formula is C31H50N2O9Si. The summed E-state index contributed by atoms with van der Waals surface area (Å²) in [7, 11) is -1.80. The number of benzene rings is 1. The van der Waals surface area contributed by atoms with Crippen molar-refractivity contribution in [1.29, 1.82) is 0 Å². The van der Waals surface area contributed by atoms with Gasteiger partial charge in [0.15, 0.2) is 0 Å². The highest BCUT2D eigenvalue weighted by Gasteiger charge is 2.45. The Bertz CT molecular complexity index is 1090. The number of rotatable bonds is 17. The van der Waals surface area contributed by atoms with Gasteiger partial charge in [-0.1, -0.05) is 56.0 Å². The molecule has 0 fully saturated rings. The lowest BCUT2D eigenvalue weighted by molar-refractivity contribution is -0.197. The molecule has 0 radical (unpaired) electrons. The van der Waals surface area contributed by atoms with Crippen molar-refractivity contribution in [2.45, 2.75) is 129 Å². The van der Waals surface area contributed by atoms with Crippen molar-refractivity contribution in [3.05, 3.63) is 35.9 Å². The number of amides is 2. The second-order valence-electron chi connectivity index (χ2n) is 13.9. The molecule has 12 heteroatoms. The average Bonchev–Trinajstić information content (AvgIpc) is 2.85. The number of carbonyl (C=O) groups excluding carboxylic acids is 4. The minimum atomic E-state index is -1.80. The van der Waals surface area contributed by atoms with Gasteiger partial charge < -0.3 is 19.9 Å². The first-order valence-electron chi connectivity index (χ1n) is 14.6. The van der Waals surface area contributed by atoms with Crippen LogP contribution in [0.1, 0.15) is 79.2 Å². The summed E-state index contributed by atoms with van der Waals surface area (Å²) in [5.74, 6) is -3.27. The van der Waals surface area contributed by atoms with Gasteiger partial charge in [0.05, 0.1) is 0 Å². The van der Waals surface area contributed by atoms with E-state index in [0.29, 0.717) is 12.5 Å². The molecule has 43 heavy (non-hydrogen) atoms. The zero-order chi connectivity index (χ0) is 33.1. The molecule has 0 aromatic heterocycles. The Hall–Kier alpha value is -3.25. The van der Waals surface area contributed by atoms with E-state index in [2.05, 4.69) is 25.0 Å². The Balaban J connectivity index is 3.50. The Kier molecular flexibility index (Phi) is 14.1. The molecule has 2 N–H and O–H groups in total. The third kappa shape index (κ3) is 15.2. The standard InChI is InChI=1S/C31H50N2O9Si/c1-29(2,3)41-26(37)16-15-24(33(22-34)40-21-23-13-11-10-12-14-23)27(38)32-31(18-17-25(35)36,19-20-43(7,8)9)28(39)42-30(4,5)6/h10-14,22,24H,15-21H2,1-9H3,(H,32,38)(H,35,36)/t24-,31-/m0/s1. The van der Waals surface area contributed by atoms with Crippen molar-refractivity contribution in [3.63, 3.8) is 0 Å². The van der Waals surface area contributed by atoms with Gasteiger partial charge in [0.2, 0.25) is 12.3 Å². The molecule has 0 aliphatic heterocycles. The van der Waals surface area contributed by atoms with Crippen molar-refractivity contribution >= 4 is 38.3 Å². The summed E-state index contributed by atoms with van der Waals surface area (Å²) in [6.07, 6.45) is -0.546. The van der Waals surface area contributed by atoms with Crippen molar-refractivity contribution < 1.29 is 43.4 Å². The first-order valence-corrected chi connectivity index (χ1v) is 18.3. The molecule has 2 amide bonds. The number of ether oxygens (including phenoxy) is 2. The molecule has 242 valence electrons. The fraction of sp³-hybridized carbons (Fsp3) is 0.645. The molecule has 0 saturated carbocycles. The minimum Gasteiger partial charge on any atom is -0.481 e. The zero-order valence-electron chi connectivity index (χ0n) is 27.2. The molecule has 11 nitrogen and oxygen atoms in total. The summed E-state index contributed by atoms with van der Waals surface area (Å²) in [6, 6.07) is 8.23. The Morgan fingerprint density at radius 1 is 0.930 bits per heavy atom. The molecule has 0 spiro atoms. The first kappa shape index (κ1) is 37.8. The second-order valence-corrected chi connectivity index (χ2v) is 19.5. The number of hydrogen-bond acceptors (Lipinski definition) is 8. The number of carboxylic acids is 1. The Morgan fingerprint density at radius 2 is 1.51 bits per heavy atom. The number of nitrogens with one attached hydrogen (secondary N) is 1. The predicted octanol–water partition coefficient (Wildman–Crippen LogP) is 4.86. The minimum absolute atomic E-state index is 0.0400. The quantitative estimate of drug-likeness (QED) is 0.108. The van der Waals surface area contributed by atoms with Crippen LogP contribution in [0.4, 0.5) is 0 Å². The largest absolute Gasteiger partial charge is 0.481 e. The summed E-state index contributed by atoms with van der Waals surface area (Å²) in [6.45, 7) is 16.4. The second kappa shape index (κ2) is 16.0. The van der Waals surface area contributed by atoms with Crippen molar-refractivity contribution in [1.82, 2.24) is 10.4 Å². The van der Waals surface area contributed by atoms with Crippen LogP contribution in [-0.4, -0.2) is 71.3 Å². The average molecular weight is 623 g/mol. The van der Waals surface area contributed by atoms with Gasteiger partial charge in [-0.3, -0.25) is 24.0 Å². The van der Waals surface area contributed by atoms with Gasteiger partial charge in [-0.15, -0.1) is 0 Å². The molecule has 1 aromatic carbocycles. The van der Waals surface area contributed by atoms with Crippen LogP contribution < -0.4 is 5.32 Å². The van der Waals surface area contributed by atoms with E-state index in [1.807, 2.05) is 6.07 Å². The number of esters is 2. The lowest BCUT2D eigenvalue weighted by Gasteiger charge is -2.38. The molecule has 0 heterocycles. The van der Waals surface area contributed by atoms with Gasteiger partial charge in [0, 0.05) is 20.9 Å². The molecule has 2 atom stereocenters. The molecule has 0 aliphatic rings. The number of hydroxylamine groups is 2. The molecular weight excluding hydrogens is 572 g/mol. The van der Waals surface area contributed by atoms with Gasteiger partial charge in [0.25, 0.3) is 0 Å². The number of hydrogen-bond donors (Lipinski definition) is 2. The van der Waals surface area contributed by atoms with E-state index in [1.165, 1.54) is 0 Å². The van der Waals surface area contributed by atoms with Crippen molar-refractivity contribution in [2.75, 3.05) is 0 Å². The fourth-order valence-electron chi connectivity index (χ4n) is 4.05. The van der Waals surface area contributed by atoms with E-state index >= 15 is 0 Å². The smallest absolute Gasteiger partial charge is 0.332 e. The Labute approximate surface area is 256 Å². The lowest BCUT2D eigenvalue weighted by Crippen LogP contribution is -2.61. The van der Waals surface area contributed by atoms with Gasteiger partial charge in [-0.05, 0) is 66.4 Å². The first-order chi connectivity index (χ1) is 19.7. The van der Waals surface area contributed by atoms with Crippen LogP contribution in [-0.2, 0) is 44.9 Å². The van der Waals surface area contributed by atoms with Gasteiger partial charge in [-0.25, -0.2) is 9.86 Å². The number of carboxylic acid groups (broad SMARTS) is 1. The Morgan fingerprint density at radius 3 is 2.00 bits per heavy atom. The van der Waals surface area contributed by atoms with E-state index in [4.69, 9.17) is 14.3 Å². The van der Waals surface area contributed by atoms with E-state index in [1.54, 1.807) is 65.8 Å². The van der Waals surface area contributed by atoms with Crippen LogP contribution in [0, 0.1) is 0 Å². The highest BCUT2D eigenvalue weighted by molar-refractivity contribution is 6.76. The van der Waals surface area contributed by atoms with Crippen LogP contribution >= 0.6 is 0 Å². The van der Waals surface area contributed by atoms with Gasteiger partial charge in [0.1, 0.15) is 29.4 Å². The van der Waals surface area contributed by atoms with Gasteiger partial charge in [-0.2, -0.15) is 0 Å². The van der Waals surface area contributed by atoms with Crippen LogP contribution in [0.5, 0.6) is 0 Å². The van der Waals surface area contributed by atoms with E-state index in [9.17, 15) is 29.1 Å². The van der Waals surface area contributed by atoms with Crippen LogP contribution in [0.2, 0.25) is 25.7 Å². The highest BCUT2D eigenvalue weighted by Crippen LogP contribution is 2.29. The molecule has 1 rings (SSSR count). The van der Waals surface area contributed by atoms with Crippen LogP contribution in [0.25, 0.3) is 0 Å². The SMILES string of the molecule is CC(C)(C)OC(=O)CC[C@@H](C(=O)N[C@@](CCC(=O)O)(CC[Si](C)(C)C)C(=O)OC(C)(C)C)N(C=O)OCc1ccccc1. The molecule has 0 saturated heterocycles. The molecule has 0 bridgehead atoms. The summed E-state index contributed by atoms with van der Waals surface area (Å²) >= 11 is 0. The third-order valence-electron chi connectivity index (χ3n) is 6.20. The number of carbonyl (C=O) groups is 5. The lowest BCUT2D eigenvalue weighted by atomic mass is 9.89.